The molecule has 1 saturated heterocycles. The van der Waals surface area contributed by atoms with Crippen molar-refractivity contribution in [2.75, 3.05) is 26.3 Å². The third-order valence-corrected chi connectivity index (χ3v) is 4.95. The van der Waals surface area contributed by atoms with Crippen LogP contribution in [0.4, 0.5) is 0 Å². The van der Waals surface area contributed by atoms with Gasteiger partial charge in [0.05, 0.1) is 29.9 Å². The molecule has 4 rings (SSSR count). The second-order valence-corrected chi connectivity index (χ2v) is 7.28. The molecule has 29 heavy (non-hydrogen) atoms. The van der Waals surface area contributed by atoms with E-state index < -0.39 is 0 Å². The molecule has 1 aliphatic rings. The van der Waals surface area contributed by atoms with E-state index in [1.54, 1.807) is 23.4 Å². The van der Waals surface area contributed by atoms with Crippen molar-refractivity contribution >= 4 is 17.5 Å². The maximum atomic E-state index is 13.1. The minimum absolute atomic E-state index is 0.0637. The molecule has 7 heteroatoms. The molecule has 3 heterocycles. The summed E-state index contributed by atoms with van der Waals surface area (Å²) < 4.78 is 17.3. The summed E-state index contributed by atoms with van der Waals surface area (Å²) >= 11 is 5.92. The van der Waals surface area contributed by atoms with Gasteiger partial charge in [0.25, 0.3) is 5.91 Å². The Balaban J connectivity index is 1.42. The maximum absolute atomic E-state index is 13.1. The van der Waals surface area contributed by atoms with Gasteiger partial charge in [0.2, 0.25) is 0 Å². The van der Waals surface area contributed by atoms with Gasteiger partial charge >= 0.3 is 0 Å². The van der Waals surface area contributed by atoms with Gasteiger partial charge in [-0.25, -0.2) is 0 Å². The molecule has 1 aliphatic heterocycles. The van der Waals surface area contributed by atoms with Crippen LogP contribution in [0.5, 0.6) is 5.75 Å². The van der Waals surface area contributed by atoms with Crippen molar-refractivity contribution in [3.05, 3.63) is 71.2 Å². The molecule has 0 aliphatic carbocycles. The van der Waals surface area contributed by atoms with Crippen LogP contribution in [0.1, 0.15) is 16.1 Å². The van der Waals surface area contributed by atoms with Crippen molar-refractivity contribution in [3.63, 3.8) is 0 Å². The van der Waals surface area contributed by atoms with Crippen molar-refractivity contribution < 1.29 is 18.7 Å². The van der Waals surface area contributed by atoms with Crippen LogP contribution in [0.2, 0.25) is 5.02 Å². The predicted octanol–water partition coefficient (Wildman–Crippen LogP) is 4.22. The second kappa shape index (κ2) is 8.68. The number of ether oxygens (including phenoxy) is 2. The lowest BCUT2D eigenvalue weighted by Crippen LogP contribution is -2.47. The minimum Gasteiger partial charge on any atom is -0.489 e. The molecule has 1 fully saturated rings. The van der Waals surface area contributed by atoms with Crippen LogP contribution >= 0.6 is 11.6 Å². The molecule has 1 amide bonds. The van der Waals surface area contributed by atoms with Gasteiger partial charge in [-0.3, -0.25) is 9.78 Å². The van der Waals surface area contributed by atoms with Gasteiger partial charge in [-0.1, -0.05) is 41.9 Å². The van der Waals surface area contributed by atoms with Crippen molar-refractivity contribution in [3.8, 4) is 17.1 Å². The highest BCUT2D eigenvalue weighted by Crippen LogP contribution is 2.26. The van der Waals surface area contributed by atoms with Gasteiger partial charge in [-0.05, 0) is 13.0 Å². The normalized spacial score (nSPS) is 16.6. The topological polar surface area (TPSA) is 64.8 Å². The summed E-state index contributed by atoms with van der Waals surface area (Å²) in [5, 5.41) is 0.508. The third-order valence-electron chi connectivity index (χ3n) is 4.75. The second-order valence-electron chi connectivity index (χ2n) is 6.84. The lowest BCUT2D eigenvalue weighted by molar-refractivity contribution is -0.0402. The summed E-state index contributed by atoms with van der Waals surface area (Å²) in [4.78, 5) is 18.8. The molecule has 150 valence electrons. The first kappa shape index (κ1) is 19.5. The molecule has 0 N–H and O–H groups in total. The Morgan fingerprint density at radius 3 is 2.90 bits per heavy atom. The Hall–Kier alpha value is -2.83. The number of pyridine rings is 1. The number of rotatable bonds is 5. The largest absolute Gasteiger partial charge is 0.489 e. The van der Waals surface area contributed by atoms with Crippen molar-refractivity contribution in [1.29, 1.82) is 0 Å². The van der Waals surface area contributed by atoms with Crippen LogP contribution < -0.4 is 4.74 Å². The van der Waals surface area contributed by atoms with Gasteiger partial charge in [-0.15, -0.1) is 0 Å². The number of furan rings is 1. The number of nitrogens with zero attached hydrogens (tertiary/aromatic N) is 2. The van der Waals surface area contributed by atoms with E-state index in [1.807, 2.05) is 43.3 Å². The van der Waals surface area contributed by atoms with E-state index in [1.165, 1.54) is 0 Å². The number of halogens is 1. The van der Waals surface area contributed by atoms with E-state index in [2.05, 4.69) is 4.98 Å². The smallest absolute Gasteiger partial charge is 0.257 e. The number of aryl methyl sites for hydroxylation is 1. The average Bonchev–Trinajstić information content (AvgIpc) is 3.14. The Morgan fingerprint density at radius 2 is 2.10 bits per heavy atom. The fourth-order valence-electron chi connectivity index (χ4n) is 3.27. The molecule has 0 radical (unpaired) electrons. The van der Waals surface area contributed by atoms with Crippen LogP contribution in [0.3, 0.4) is 0 Å². The van der Waals surface area contributed by atoms with E-state index in [0.29, 0.717) is 54.2 Å². The summed E-state index contributed by atoms with van der Waals surface area (Å²) in [6, 6.07) is 13.2. The van der Waals surface area contributed by atoms with E-state index in [-0.39, 0.29) is 12.0 Å². The fraction of sp³-hybridized carbons (Fsp3) is 0.273. The summed E-state index contributed by atoms with van der Waals surface area (Å²) in [5.41, 5.74) is 1.52. The van der Waals surface area contributed by atoms with Gasteiger partial charge < -0.3 is 18.8 Å². The van der Waals surface area contributed by atoms with Crippen LogP contribution in [0.25, 0.3) is 11.3 Å². The lowest BCUT2D eigenvalue weighted by atomic mass is 10.1. The molecule has 2 aromatic heterocycles. The summed E-state index contributed by atoms with van der Waals surface area (Å²) in [5.74, 6) is 1.81. The number of morpholine rings is 1. The maximum Gasteiger partial charge on any atom is 0.257 e. The molecular weight excluding hydrogens is 392 g/mol. The van der Waals surface area contributed by atoms with E-state index in [9.17, 15) is 4.79 Å². The highest BCUT2D eigenvalue weighted by atomic mass is 35.5. The molecule has 0 spiro atoms. The first-order valence-electron chi connectivity index (χ1n) is 9.40. The molecule has 0 bridgehead atoms. The van der Waals surface area contributed by atoms with Crippen molar-refractivity contribution in [2.24, 2.45) is 0 Å². The lowest BCUT2D eigenvalue weighted by Gasteiger charge is -2.32. The zero-order chi connectivity index (χ0) is 20.2. The number of hydrogen-bond donors (Lipinski definition) is 0. The zero-order valence-corrected chi connectivity index (χ0v) is 16.8. The SMILES string of the molecule is Cc1oc(-c2ccccc2)cc1C(=O)N1CCOC(COc2cncc(Cl)c2)C1. The molecule has 0 saturated carbocycles. The molecule has 3 aromatic rings. The van der Waals surface area contributed by atoms with Gasteiger partial charge in [-0.2, -0.15) is 0 Å². The standard InChI is InChI=1S/C22H21ClN2O4/c1-15-20(10-21(29-15)16-5-3-2-4-6-16)22(26)25-7-8-27-19(13-25)14-28-18-9-17(23)11-24-12-18/h2-6,9-12,19H,7-8,13-14H2,1H3. The molecular formula is C22H21ClN2O4. The van der Waals surface area contributed by atoms with Crippen LogP contribution in [0.15, 0.2) is 59.3 Å². The van der Waals surface area contributed by atoms with Crippen molar-refractivity contribution in [2.45, 2.75) is 13.0 Å². The minimum atomic E-state index is -0.229. The Kier molecular flexibility index (Phi) is 5.83. The number of amides is 1. The molecule has 6 nitrogen and oxygen atoms in total. The fourth-order valence-corrected chi connectivity index (χ4v) is 3.44. The highest BCUT2D eigenvalue weighted by molar-refractivity contribution is 6.30. The van der Waals surface area contributed by atoms with E-state index >= 15 is 0 Å². The van der Waals surface area contributed by atoms with Gasteiger partial charge in [0, 0.05) is 24.4 Å². The number of carbonyl (C=O) groups excluding carboxylic acids is 1. The average molecular weight is 413 g/mol. The number of hydrogen-bond acceptors (Lipinski definition) is 5. The summed E-state index contributed by atoms with van der Waals surface area (Å²) in [7, 11) is 0. The number of carbonyl (C=O) groups is 1. The summed E-state index contributed by atoms with van der Waals surface area (Å²) in [6.45, 7) is 3.55. The number of aromatic nitrogens is 1. The van der Waals surface area contributed by atoms with Gasteiger partial charge in [0.15, 0.2) is 0 Å². The predicted molar refractivity (Wildman–Crippen MR) is 109 cm³/mol. The highest BCUT2D eigenvalue weighted by Gasteiger charge is 2.28. The quantitative estimate of drug-likeness (QED) is 0.627. The van der Waals surface area contributed by atoms with Crippen LogP contribution in [-0.4, -0.2) is 48.2 Å². The van der Waals surface area contributed by atoms with Crippen molar-refractivity contribution in [1.82, 2.24) is 9.88 Å². The van der Waals surface area contributed by atoms with Crippen LogP contribution in [0, 0.1) is 6.92 Å². The third kappa shape index (κ3) is 4.60. The first-order valence-corrected chi connectivity index (χ1v) is 9.78. The molecule has 1 atom stereocenters. The van der Waals surface area contributed by atoms with Crippen LogP contribution in [-0.2, 0) is 4.74 Å². The van der Waals surface area contributed by atoms with E-state index in [0.717, 1.165) is 5.56 Å². The molecule has 1 aromatic carbocycles. The monoisotopic (exact) mass is 412 g/mol. The molecule has 1 unspecified atom stereocenters. The van der Waals surface area contributed by atoms with Gasteiger partial charge in [0.1, 0.15) is 30.0 Å². The first-order chi connectivity index (χ1) is 14.1. The zero-order valence-electron chi connectivity index (χ0n) is 16.0. The van der Waals surface area contributed by atoms with E-state index in [4.69, 9.17) is 25.5 Å². The Bertz CT molecular complexity index is 989. The number of benzene rings is 1. The summed E-state index contributed by atoms with van der Waals surface area (Å²) in [6.07, 6.45) is 2.91. The Labute approximate surface area is 174 Å². The Morgan fingerprint density at radius 1 is 1.28 bits per heavy atom.